The maximum Gasteiger partial charge on any atom is 0.262 e. The van der Waals surface area contributed by atoms with E-state index in [1.165, 1.54) is 29.0 Å². The van der Waals surface area contributed by atoms with Gasteiger partial charge in [0.05, 0.1) is 6.33 Å². The molecule has 152 valence electrons. The molecule has 1 fully saturated rings. The fraction of sp³-hybridized carbons (Fsp3) is 0.250. The number of imidazole rings is 1. The van der Waals surface area contributed by atoms with Gasteiger partial charge in [-0.2, -0.15) is 4.31 Å². The van der Waals surface area contributed by atoms with Crippen molar-refractivity contribution in [2.75, 3.05) is 18.4 Å². The number of aryl methyl sites for hydroxylation is 1. The van der Waals surface area contributed by atoms with E-state index in [0.29, 0.717) is 5.02 Å². The van der Waals surface area contributed by atoms with Gasteiger partial charge in [0.1, 0.15) is 5.82 Å². The van der Waals surface area contributed by atoms with E-state index in [2.05, 4.69) is 10.3 Å². The first-order chi connectivity index (χ1) is 13.8. The summed E-state index contributed by atoms with van der Waals surface area (Å²) in [5.74, 6) is -0.489. The first-order valence-electron chi connectivity index (χ1n) is 9.08. The summed E-state index contributed by atoms with van der Waals surface area (Å²) in [7, 11) is -2.02. The average molecular weight is 435 g/mol. The highest BCUT2D eigenvalue weighted by atomic mass is 35.5. The summed E-state index contributed by atoms with van der Waals surface area (Å²) in [5.41, 5.74) is 1.66. The van der Waals surface area contributed by atoms with Crippen LogP contribution >= 0.6 is 11.6 Å². The standard InChI is InChI=1S/C20H20ClFN4O2S/c1-25-12-20(23-13-25)29(27,28)26-10-18(14-5-7-16(22)8-6-14)19(11-26)24-17-4-2-3-15(21)9-17/h2-9,12-13,18-19,24H,10-11H2,1H3. The van der Waals surface area contributed by atoms with E-state index < -0.39 is 10.0 Å². The zero-order valence-electron chi connectivity index (χ0n) is 15.7. The second kappa shape index (κ2) is 7.78. The van der Waals surface area contributed by atoms with Crippen molar-refractivity contribution in [2.45, 2.75) is 17.0 Å². The number of rotatable bonds is 5. The zero-order chi connectivity index (χ0) is 20.6. The predicted octanol–water partition coefficient (Wildman–Crippen LogP) is 3.48. The molecule has 1 aromatic heterocycles. The second-order valence-electron chi connectivity index (χ2n) is 7.12. The van der Waals surface area contributed by atoms with Crippen molar-refractivity contribution in [3.8, 4) is 0 Å². The molecule has 0 spiro atoms. The van der Waals surface area contributed by atoms with Crippen LogP contribution in [0.5, 0.6) is 0 Å². The van der Waals surface area contributed by atoms with Gasteiger partial charge in [-0.3, -0.25) is 0 Å². The molecule has 2 unspecified atom stereocenters. The summed E-state index contributed by atoms with van der Waals surface area (Å²) in [6.07, 6.45) is 2.95. The molecule has 3 aromatic rings. The molecule has 2 aromatic carbocycles. The Bertz CT molecular complexity index is 1120. The number of halogens is 2. The Morgan fingerprint density at radius 3 is 2.59 bits per heavy atom. The predicted molar refractivity (Wildman–Crippen MR) is 110 cm³/mol. The first kappa shape index (κ1) is 19.9. The number of nitrogens with zero attached hydrogens (tertiary/aromatic N) is 3. The summed E-state index contributed by atoms with van der Waals surface area (Å²) in [6.45, 7) is 0.524. The SMILES string of the molecule is Cn1cnc(S(=O)(=O)N2CC(Nc3cccc(Cl)c3)C(c3ccc(F)cc3)C2)c1. The molecule has 0 radical (unpaired) electrons. The minimum atomic E-state index is -3.74. The van der Waals surface area contributed by atoms with E-state index in [1.807, 2.05) is 12.1 Å². The van der Waals surface area contributed by atoms with Crippen molar-refractivity contribution < 1.29 is 12.8 Å². The van der Waals surface area contributed by atoms with Crippen LogP contribution in [0.4, 0.5) is 10.1 Å². The van der Waals surface area contributed by atoms with Crippen LogP contribution in [-0.2, 0) is 17.1 Å². The molecule has 29 heavy (non-hydrogen) atoms. The highest BCUT2D eigenvalue weighted by Crippen LogP contribution is 2.33. The Morgan fingerprint density at radius 1 is 1.17 bits per heavy atom. The van der Waals surface area contributed by atoms with Gasteiger partial charge >= 0.3 is 0 Å². The Balaban J connectivity index is 1.66. The fourth-order valence-corrected chi connectivity index (χ4v) is 5.25. The van der Waals surface area contributed by atoms with Crippen LogP contribution in [0.25, 0.3) is 0 Å². The smallest absolute Gasteiger partial charge is 0.262 e. The lowest BCUT2D eigenvalue weighted by atomic mass is 9.94. The van der Waals surface area contributed by atoms with Crippen molar-refractivity contribution in [3.63, 3.8) is 0 Å². The van der Waals surface area contributed by atoms with E-state index in [1.54, 1.807) is 35.9 Å². The number of anilines is 1. The van der Waals surface area contributed by atoms with Crippen molar-refractivity contribution in [1.29, 1.82) is 0 Å². The molecule has 0 aliphatic carbocycles. The highest BCUT2D eigenvalue weighted by molar-refractivity contribution is 7.89. The molecular weight excluding hydrogens is 415 g/mol. The molecule has 0 bridgehead atoms. The number of aromatic nitrogens is 2. The number of hydrogen-bond donors (Lipinski definition) is 1. The molecule has 0 amide bonds. The molecule has 2 atom stereocenters. The van der Waals surface area contributed by atoms with Gasteiger partial charge in [0, 0.05) is 49.0 Å². The average Bonchev–Trinajstić information content (AvgIpc) is 3.30. The van der Waals surface area contributed by atoms with E-state index in [9.17, 15) is 12.8 Å². The maximum absolute atomic E-state index is 13.4. The molecule has 4 rings (SSSR count). The van der Waals surface area contributed by atoms with Crippen molar-refractivity contribution >= 4 is 27.3 Å². The van der Waals surface area contributed by atoms with Crippen LogP contribution in [0.3, 0.4) is 0 Å². The number of sulfonamides is 1. The molecule has 1 aliphatic rings. The summed E-state index contributed by atoms with van der Waals surface area (Å²) < 4.78 is 42.6. The minimum absolute atomic E-state index is 0.0151. The lowest BCUT2D eigenvalue weighted by Gasteiger charge is -2.21. The van der Waals surface area contributed by atoms with Gasteiger partial charge < -0.3 is 9.88 Å². The molecule has 2 heterocycles. The molecule has 1 aliphatic heterocycles. The van der Waals surface area contributed by atoms with Crippen LogP contribution in [0, 0.1) is 5.82 Å². The largest absolute Gasteiger partial charge is 0.380 e. The van der Waals surface area contributed by atoms with Crippen LogP contribution in [0.15, 0.2) is 66.1 Å². The minimum Gasteiger partial charge on any atom is -0.380 e. The van der Waals surface area contributed by atoms with E-state index in [0.717, 1.165) is 11.3 Å². The normalized spacial score (nSPS) is 20.1. The highest BCUT2D eigenvalue weighted by Gasteiger charge is 2.41. The monoisotopic (exact) mass is 434 g/mol. The van der Waals surface area contributed by atoms with Gasteiger partial charge in [0.25, 0.3) is 10.0 Å². The quantitative estimate of drug-likeness (QED) is 0.667. The van der Waals surface area contributed by atoms with E-state index >= 15 is 0 Å². The molecule has 1 saturated heterocycles. The summed E-state index contributed by atoms with van der Waals surface area (Å²) in [4.78, 5) is 4.01. The third-order valence-corrected chi connectivity index (χ3v) is 7.00. The lowest BCUT2D eigenvalue weighted by Crippen LogP contribution is -2.32. The van der Waals surface area contributed by atoms with E-state index in [-0.39, 0.29) is 35.9 Å². The van der Waals surface area contributed by atoms with E-state index in [4.69, 9.17) is 11.6 Å². The zero-order valence-corrected chi connectivity index (χ0v) is 17.2. The topological polar surface area (TPSA) is 67.2 Å². The molecule has 6 nitrogen and oxygen atoms in total. The lowest BCUT2D eigenvalue weighted by molar-refractivity contribution is 0.468. The Hall–Kier alpha value is -2.42. The molecule has 9 heteroatoms. The Kier molecular flexibility index (Phi) is 5.33. The van der Waals surface area contributed by atoms with Gasteiger partial charge in [-0.05, 0) is 35.9 Å². The number of benzene rings is 2. The van der Waals surface area contributed by atoms with Crippen LogP contribution < -0.4 is 5.32 Å². The maximum atomic E-state index is 13.4. The van der Waals surface area contributed by atoms with Crippen LogP contribution in [-0.4, -0.2) is 41.4 Å². The summed E-state index contributed by atoms with van der Waals surface area (Å²) in [5, 5.41) is 4.00. The third-order valence-electron chi connectivity index (χ3n) is 5.05. The third kappa shape index (κ3) is 4.14. The number of hydrogen-bond acceptors (Lipinski definition) is 4. The summed E-state index contributed by atoms with van der Waals surface area (Å²) in [6, 6.07) is 13.2. The van der Waals surface area contributed by atoms with Crippen LogP contribution in [0.1, 0.15) is 11.5 Å². The van der Waals surface area contributed by atoms with Crippen LogP contribution in [0.2, 0.25) is 5.02 Å². The summed E-state index contributed by atoms with van der Waals surface area (Å²) >= 11 is 6.09. The fourth-order valence-electron chi connectivity index (χ4n) is 3.60. The van der Waals surface area contributed by atoms with Gasteiger partial charge in [0.2, 0.25) is 0 Å². The van der Waals surface area contributed by atoms with Crippen molar-refractivity contribution in [3.05, 3.63) is 77.5 Å². The van der Waals surface area contributed by atoms with Gasteiger partial charge in [-0.1, -0.05) is 29.8 Å². The van der Waals surface area contributed by atoms with Crippen molar-refractivity contribution in [1.82, 2.24) is 13.9 Å². The Labute approximate surface area is 174 Å². The molecular formula is C20H20ClFN4O2S. The molecule has 1 N–H and O–H groups in total. The number of nitrogens with one attached hydrogen (secondary N) is 1. The molecule has 0 saturated carbocycles. The van der Waals surface area contributed by atoms with Gasteiger partial charge in [-0.25, -0.2) is 17.8 Å². The van der Waals surface area contributed by atoms with Crippen molar-refractivity contribution in [2.24, 2.45) is 7.05 Å². The van der Waals surface area contributed by atoms with Gasteiger partial charge in [0.15, 0.2) is 5.03 Å². The Morgan fingerprint density at radius 2 is 1.93 bits per heavy atom. The first-order valence-corrected chi connectivity index (χ1v) is 10.9. The second-order valence-corrected chi connectivity index (χ2v) is 9.44. The van der Waals surface area contributed by atoms with Gasteiger partial charge in [-0.15, -0.1) is 0 Å².